The molecule has 2 aromatic rings. The monoisotopic (exact) mass is 434 g/mol. The summed E-state index contributed by atoms with van der Waals surface area (Å²) in [6, 6.07) is 5.23. The molecule has 0 bridgehead atoms. The van der Waals surface area contributed by atoms with Crippen LogP contribution in [0.5, 0.6) is 0 Å². The van der Waals surface area contributed by atoms with Gasteiger partial charge >= 0.3 is 0 Å². The average Bonchev–Trinajstić information content (AvgIpc) is 2.97. The number of carbonyl (C=O) groups is 1. The number of rotatable bonds is 9. The maximum absolute atomic E-state index is 12.0. The summed E-state index contributed by atoms with van der Waals surface area (Å²) in [6.45, 7) is 2.00. The smallest absolute Gasteiger partial charge is 0.241 e. The van der Waals surface area contributed by atoms with Gasteiger partial charge in [0, 0.05) is 27.5 Å². The molecule has 0 unspecified atom stereocenters. The number of hydrogen-bond acceptors (Lipinski definition) is 5. The minimum atomic E-state index is -3.39. The lowest BCUT2D eigenvalue weighted by atomic mass is 10.1. The number of amides is 1. The number of hydrogen-bond donors (Lipinski definition) is 1. The first-order valence-electron chi connectivity index (χ1n) is 8.18. The summed E-state index contributed by atoms with van der Waals surface area (Å²) in [6.07, 6.45) is 4.51. The Kier molecular flexibility index (Phi) is 7.88. The molecule has 0 aliphatic heterocycles. The van der Waals surface area contributed by atoms with E-state index >= 15 is 0 Å². The summed E-state index contributed by atoms with van der Waals surface area (Å²) in [7, 11) is -3.39. The molecule has 0 aliphatic carbocycles. The van der Waals surface area contributed by atoms with E-state index in [1.807, 2.05) is 6.92 Å². The molecule has 0 radical (unpaired) electrons. The molecule has 2 rings (SSSR count). The minimum Gasteiger partial charge on any atom is -0.301 e. The molecule has 142 valence electrons. The first-order chi connectivity index (χ1) is 12.3. The summed E-state index contributed by atoms with van der Waals surface area (Å²) in [5, 5.41) is 4.11. The number of sulfone groups is 1. The topological polar surface area (TPSA) is 76.1 Å². The molecule has 0 atom stereocenters. The number of nitrogens with zero attached hydrogens (tertiary/aromatic N) is 1. The molecule has 1 heterocycles. The van der Waals surface area contributed by atoms with Gasteiger partial charge < -0.3 is 5.32 Å². The van der Waals surface area contributed by atoms with Crippen LogP contribution in [0, 0.1) is 0 Å². The zero-order valence-corrected chi connectivity index (χ0v) is 17.4. The van der Waals surface area contributed by atoms with Crippen LogP contribution in [0.2, 0.25) is 10.0 Å². The Morgan fingerprint density at radius 2 is 2.04 bits per heavy atom. The fourth-order valence-electron chi connectivity index (χ4n) is 2.31. The summed E-state index contributed by atoms with van der Waals surface area (Å²) in [5.74, 6) is -1.06. The largest absolute Gasteiger partial charge is 0.301 e. The molecule has 1 N–H and O–H groups in total. The fourth-order valence-corrected chi connectivity index (χ4v) is 4.80. The maximum atomic E-state index is 12.0. The third-order valence-electron chi connectivity index (χ3n) is 3.58. The highest BCUT2D eigenvalue weighted by atomic mass is 35.5. The molecule has 0 saturated carbocycles. The predicted molar refractivity (Wildman–Crippen MR) is 108 cm³/mol. The van der Waals surface area contributed by atoms with Crippen molar-refractivity contribution < 1.29 is 13.2 Å². The Morgan fingerprint density at radius 3 is 2.77 bits per heavy atom. The van der Waals surface area contributed by atoms with Gasteiger partial charge in [-0.3, -0.25) is 4.79 Å². The fraction of sp³-hybridized carbons (Fsp3) is 0.412. The van der Waals surface area contributed by atoms with Crippen molar-refractivity contribution in [1.82, 2.24) is 4.98 Å². The van der Waals surface area contributed by atoms with Gasteiger partial charge in [0.25, 0.3) is 0 Å². The lowest BCUT2D eigenvalue weighted by molar-refractivity contribution is -0.113. The summed E-state index contributed by atoms with van der Waals surface area (Å²) >= 11 is 13.4. The van der Waals surface area contributed by atoms with Gasteiger partial charge in [-0.2, -0.15) is 0 Å². The van der Waals surface area contributed by atoms with Gasteiger partial charge in [-0.25, -0.2) is 13.4 Å². The highest BCUT2D eigenvalue weighted by Gasteiger charge is 2.17. The van der Waals surface area contributed by atoms with Gasteiger partial charge in [-0.1, -0.05) is 43.0 Å². The Hall–Kier alpha value is -1.15. The van der Waals surface area contributed by atoms with Crippen LogP contribution in [0.1, 0.15) is 36.6 Å². The van der Waals surface area contributed by atoms with Crippen LogP contribution in [0.15, 0.2) is 24.4 Å². The standard InChI is InChI=1S/C17H20Cl2N2O3S2/c1-2-3-4-7-26(23,24)11-16(22)21-17-20-10-14(25-17)9-12-8-13(18)5-6-15(12)19/h5-6,8,10H,2-4,7,9,11H2,1H3,(H,20,21,22). The van der Waals surface area contributed by atoms with E-state index in [9.17, 15) is 13.2 Å². The van der Waals surface area contributed by atoms with Crippen LogP contribution in [-0.4, -0.2) is 30.8 Å². The van der Waals surface area contributed by atoms with Crippen molar-refractivity contribution in [3.8, 4) is 0 Å². The van der Waals surface area contributed by atoms with E-state index in [-0.39, 0.29) is 5.75 Å². The number of nitrogens with one attached hydrogen (secondary N) is 1. The SMILES string of the molecule is CCCCCS(=O)(=O)CC(=O)Nc1ncc(Cc2cc(Cl)ccc2Cl)s1. The maximum Gasteiger partial charge on any atom is 0.241 e. The van der Waals surface area contributed by atoms with Gasteiger partial charge in [-0.05, 0) is 30.2 Å². The molecular weight excluding hydrogens is 415 g/mol. The Labute approximate surface area is 167 Å². The van der Waals surface area contributed by atoms with Crippen LogP contribution in [0.4, 0.5) is 5.13 Å². The highest BCUT2D eigenvalue weighted by Crippen LogP contribution is 2.27. The van der Waals surface area contributed by atoms with Crippen LogP contribution >= 0.6 is 34.5 Å². The van der Waals surface area contributed by atoms with Crippen molar-refractivity contribution in [3.63, 3.8) is 0 Å². The number of unbranched alkanes of at least 4 members (excludes halogenated alkanes) is 2. The van der Waals surface area contributed by atoms with E-state index in [0.717, 1.165) is 23.3 Å². The summed E-state index contributed by atoms with van der Waals surface area (Å²) in [4.78, 5) is 17.0. The van der Waals surface area contributed by atoms with Crippen molar-refractivity contribution in [2.45, 2.75) is 32.6 Å². The van der Waals surface area contributed by atoms with Gasteiger partial charge in [0.05, 0.1) is 5.75 Å². The van der Waals surface area contributed by atoms with E-state index in [1.165, 1.54) is 11.3 Å². The Bertz CT molecular complexity index is 867. The number of anilines is 1. The molecule has 0 fully saturated rings. The number of thiazole rings is 1. The number of benzene rings is 1. The summed E-state index contributed by atoms with van der Waals surface area (Å²) in [5.41, 5.74) is 0.860. The second-order valence-corrected chi connectivity index (χ2v) is 10.0. The van der Waals surface area contributed by atoms with Crippen LogP contribution in [0.25, 0.3) is 0 Å². The Balaban J connectivity index is 1.93. The average molecular weight is 435 g/mol. The van der Waals surface area contributed by atoms with E-state index < -0.39 is 21.5 Å². The van der Waals surface area contributed by atoms with Crippen LogP contribution < -0.4 is 5.32 Å². The molecule has 0 aliphatic rings. The van der Waals surface area contributed by atoms with Crippen LogP contribution in [0.3, 0.4) is 0 Å². The molecule has 1 amide bonds. The molecular formula is C17H20Cl2N2O3S2. The predicted octanol–water partition coefficient (Wildman–Crippen LogP) is 4.58. The molecule has 1 aromatic heterocycles. The molecule has 0 saturated heterocycles. The molecule has 1 aromatic carbocycles. The van der Waals surface area contributed by atoms with E-state index in [1.54, 1.807) is 24.4 Å². The second-order valence-electron chi connectivity index (χ2n) is 5.89. The molecule has 5 nitrogen and oxygen atoms in total. The quantitative estimate of drug-likeness (QED) is 0.585. The van der Waals surface area contributed by atoms with Gasteiger partial charge in [0.1, 0.15) is 5.75 Å². The first-order valence-corrected chi connectivity index (χ1v) is 11.6. The van der Waals surface area contributed by atoms with E-state index in [0.29, 0.717) is 28.0 Å². The zero-order valence-electron chi connectivity index (χ0n) is 14.3. The first kappa shape index (κ1) is 21.2. The third-order valence-corrected chi connectivity index (χ3v) is 6.71. The zero-order chi connectivity index (χ0) is 19.2. The van der Waals surface area contributed by atoms with Crippen molar-refractivity contribution in [2.75, 3.05) is 16.8 Å². The Morgan fingerprint density at radius 1 is 1.27 bits per heavy atom. The number of aromatic nitrogens is 1. The third kappa shape index (κ3) is 6.87. The highest BCUT2D eigenvalue weighted by molar-refractivity contribution is 7.92. The van der Waals surface area contributed by atoms with E-state index in [2.05, 4.69) is 10.3 Å². The van der Waals surface area contributed by atoms with Crippen molar-refractivity contribution in [3.05, 3.63) is 44.9 Å². The van der Waals surface area contributed by atoms with Crippen molar-refractivity contribution in [1.29, 1.82) is 0 Å². The number of carbonyl (C=O) groups excluding carboxylic acids is 1. The lowest BCUT2D eigenvalue weighted by Crippen LogP contribution is -2.24. The lowest BCUT2D eigenvalue weighted by Gasteiger charge is -2.04. The minimum absolute atomic E-state index is 0.0324. The van der Waals surface area contributed by atoms with Gasteiger partial charge in [0.2, 0.25) is 5.91 Å². The van der Waals surface area contributed by atoms with Crippen LogP contribution in [-0.2, 0) is 21.1 Å². The molecule has 9 heteroatoms. The van der Waals surface area contributed by atoms with Gasteiger partial charge in [0.15, 0.2) is 15.0 Å². The normalized spacial score (nSPS) is 11.5. The number of halogens is 2. The van der Waals surface area contributed by atoms with E-state index in [4.69, 9.17) is 23.2 Å². The molecule has 26 heavy (non-hydrogen) atoms. The van der Waals surface area contributed by atoms with Gasteiger partial charge in [-0.15, -0.1) is 11.3 Å². The van der Waals surface area contributed by atoms with Crippen molar-refractivity contribution >= 4 is 55.4 Å². The summed E-state index contributed by atoms with van der Waals surface area (Å²) < 4.78 is 23.8. The molecule has 0 spiro atoms. The second kappa shape index (κ2) is 9.69. The van der Waals surface area contributed by atoms with Crippen molar-refractivity contribution in [2.24, 2.45) is 0 Å².